The van der Waals surface area contributed by atoms with Crippen molar-refractivity contribution in [1.82, 2.24) is 0 Å². The minimum absolute atomic E-state index is 0.0586. The number of hydrogen-bond acceptors (Lipinski definition) is 7. The van der Waals surface area contributed by atoms with Crippen molar-refractivity contribution < 1.29 is 34.8 Å². The van der Waals surface area contributed by atoms with Crippen LogP contribution < -0.4 is 0 Å². The maximum Gasteiger partial charge on any atom is 0.305 e. The lowest BCUT2D eigenvalue weighted by atomic mass is 10.0. The molecule has 184 valence electrons. The molecular weight excluding hydrogens is 400 g/mol. The molecule has 0 aromatic carbocycles. The molecule has 0 unspecified atom stereocenters. The van der Waals surface area contributed by atoms with Crippen molar-refractivity contribution >= 4 is 12.3 Å². The highest BCUT2D eigenvalue weighted by Gasteiger charge is 2.30. The van der Waals surface area contributed by atoms with Crippen molar-refractivity contribution in [2.45, 2.75) is 134 Å². The molecular formula is C24H46O7. The Bertz CT molecular complexity index is 430. The number of ether oxygens (including phenoxy) is 1. The molecule has 4 atom stereocenters. The Morgan fingerprint density at radius 3 is 1.55 bits per heavy atom. The van der Waals surface area contributed by atoms with Crippen LogP contribution in [0.5, 0.6) is 0 Å². The fourth-order valence-electron chi connectivity index (χ4n) is 3.50. The van der Waals surface area contributed by atoms with Gasteiger partial charge in [-0.1, -0.05) is 96.8 Å². The molecule has 0 heterocycles. The van der Waals surface area contributed by atoms with E-state index in [9.17, 15) is 24.9 Å². The van der Waals surface area contributed by atoms with Gasteiger partial charge in [-0.2, -0.15) is 0 Å². The van der Waals surface area contributed by atoms with Gasteiger partial charge >= 0.3 is 5.97 Å². The lowest BCUT2D eigenvalue weighted by Crippen LogP contribution is -2.46. The molecule has 0 aliphatic rings. The molecule has 0 radical (unpaired) electrons. The molecule has 0 rings (SSSR count). The molecule has 0 aliphatic carbocycles. The van der Waals surface area contributed by atoms with Gasteiger partial charge in [-0.15, -0.1) is 0 Å². The van der Waals surface area contributed by atoms with Gasteiger partial charge in [-0.3, -0.25) is 4.79 Å². The Morgan fingerprint density at radius 2 is 1.13 bits per heavy atom. The summed E-state index contributed by atoms with van der Waals surface area (Å²) in [7, 11) is 0. The Kier molecular flexibility index (Phi) is 20.2. The summed E-state index contributed by atoms with van der Waals surface area (Å²) in [5, 5.41) is 37.8. The first-order valence-electron chi connectivity index (χ1n) is 12.3. The molecule has 0 aliphatic heterocycles. The molecule has 4 N–H and O–H groups in total. The second kappa shape index (κ2) is 20.9. The van der Waals surface area contributed by atoms with E-state index in [1.165, 1.54) is 77.0 Å². The zero-order valence-corrected chi connectivity index (χ0v) is 19.4. The van der Waals surface area contributed by atoms with Gasteiger partial charge in [0.1, 0.15) is 31.0 Å². The fraction of sp³-hybridized carbons (Fsp3) is 0.917. The second-order valence-corrected chi connectivity index (χ2v) is 8.56. The van der Waals surface area contributed by atoms with Gasteiger partial charge in [0.05, 0.1) is 0 Å². The predicted molar refractivity (Wildman–Crippen MR) is 121 cm³/mol. The summed E-state index contributed by atoms with van der Waals surface area (Å²) in [4.78, 5) is 22.1. The zero-order valence-electron chi connectivity index (χ0n) is 19.4. The number of unbranched alkanes of at least 4 members (excludes halogenated alkanes) is 14. The summed E-state index contributed by atoms with van der Waals surface area (Å²) in [6.45, 7) is 1.75. The molecule has 0 saturated carbocycles. The average Bonchev–Trinajstić information content (AvgIpc) is 2.78. The predicted octanol–water partition coefficient (Wildman–Crippen LogP) is 3.43. The van der Waals surface area contributed by atoms with Crippen LogP contribution >= 0.6 is 0 Å². The smallest absolute Gasteiger partial charge is 0.305 e. The van der Waals surface area contributed by atoms with E-state index in [4.69, 9.17) is 9.84 Å². The first kappa shape index (κ1) is 30.0. The fourth-order valence-corrected chi connectivity index (χ4v) is 3.50. The maximum absolute atomic E-state index is 11.7. The van der Waals surface area contributed by atoms with Gasteiger partial charge in [0.25, 0.3) is 0 Å². The summed E-state index contributed by atoms with van der Waals surface area (Å²) < 4.78 is 4.88. The van der Waals surface area contributed by atoms with E-state index in [2.05, 4.69) is 6.92 Å². The van der Waals surface area contributed by atoms with E-state index in [1.54, 1.807) is 0 Å². The average molecular weight is 447 g/mol. The van der Waals surface area contributed by atoms with Crippen LogP contribution in [-0.2, 0) is 14.3 Å². The van der Waals surface area contributed by atoms with E-state index >= 15 is 0 Å². The lowest BCUT2D eigenvalue weighted by molar-refractivity contribution is -0.156. The molecule has 7 heteroatoms. The van der Waals surface area contributed by atoms with Gasteiger partial charge in [0.15, 0.2) is 6.29 Å². The highest BCUT2D eigenvalue weighted by atomic mass is 16.5. The highest BCUT2D eigenvalue weighted by molar-refractivity contribution is 5.69. The van der Waals surface area contributed by atoms with E-state index in [1.807, 2.05) is 0 Å². The van der Waals surface area contributed by atoms with E-state index in [0.717, 1.165) is 12.8 Å². The van der Waals surface area contributed by atoms with Gasteiger partial charge in [-0.05, 0) is 6.42 Å². The minimum atomic E-state index is -1.83. The molecule has 31 heavy (non-hydrogen) atoms. The number of carbonyl (C=O) groups is 2. The molecule has 0 aromatic rings. The van der Waals surface area contributed by atoms with Gasteiger partial charge in [-0.25, -0.2) is 0 Å². The zero-order chi connectivity index (χ0) is 23.3. The lowest BCUT2D eigenvalue weighted by Gasteiger charge is -2.23. The summed E-state index contributed by atoms with van der Waals surface area (Å²) in [6, 6.07) is 0. The van der Waals surface area contributed by atoms with Crippen LogP contribution in [0.15, 0.2) is 0 Å². The van der Waals surface area contributed by atoms with Crippen molar-refractivity contribution in [3.05, 3.63) is 0 Å². The summed E-state index contributed by atoms with van der Waals surface area (Å²) >= 11 is 0. The van der Waals surface area contributed by atoms with Gasteiger partial charge in [0.2, 0.25) is 0 Å². The van der Waals surface area contributed by atoms with Gasteiger partial charge < -0.3 is 30.0 Å². The van der Waals surface area contributed by atoms with Crippen LogP contribution in [0, 0.1) is 0 Å². The first-order chi connectivity index (χ1) is 14.9. The Labute approximate surface area is 188 Å². The molecule has 0 amide bonds. The summed E-state index contributed by atoms with van der Waals surface area (Å²) in [6.07, 6.45) is 12.0. The third-order valence-corrected chi connectivity index (χ3v) is 5.63. The van der Waals surface area contributed by atoms with Crippen LogP contribution in [0.1, 0.15) is 110 Å². The van der Waals surface area contributed by atoms with Crippen molar-refractivity contribution in [1.29, 1.82) is 0 Å². The standard InChI is InChI=1S/C24H46O7/c1-2-3-4-5-6-7-8-9-10-11-12-13-14-15-16-17-22(28)31-19-21(27)24(30)23(29)20(26)18-25/h18,20-21,23-24,26-27,29-30H,2-17,19H2,1H3/t20-,21+,23+,24+/m0/s1. The topological polar surface area (TPSA) is 124 Å². The number of hydrogen-bond donors (Lipinski definition) is 4. The molecule has 7 nitrogen and oxygen atoms in total. The molecule has 0 saturated heterocycles. The van der Waals surface area contributed by atoms with E-state index in [-0.39, 0.29) is 12.7 Å². The van der Waals surface area contributed by atoms with Crippen LogP contribution in [0.25, 0.3) is 0 Å². The summed E-state index contributed by atoms with van der Waals surface area (Å²) in [5.41, 5.74) is 0. The number of carbonyl (C=O) groups excluding carboxylic acids is 2. The third-order valence-electron chi connectivity index (χ3n) is 5.63. The number of aliphatic hydroxyl groups is 4. The normalized spacial score (nSPS) is 15.3. The van der Waals surface area contributed by atoms with Gasteiger partial charge in [0, 0.05) is 6.42 Å². The SMILES string of the molecule is CCCCCCCCCCCCCCCCCC(=O)OC[C@@H](O)[C@@H](O)[C@H](O)[C@@H](O)C=O. The minimum Gasteiger partial charge on any atom is -0.463 e. The number of rotatable bonds is 22. The van der Waals surface area contributed by atoms with E-state index < -0.39 is 37.0 Å². The highest BCUT2D eigenvalue weighted by Crippen LogP contribution is 2.14. The van der Waals surface area contributed by atoms with E-state index in [0.29, 0.717) is 6.42 Å². The third kappa shape index (κ3) is 17.2. The quantitative estimate of drug-likeness (QED) is 0.114. The largest absolute Gasteiger partial charge is 0.463 e. The molecule has 0 aromatic heterocycles. The van der Waals surface area contributed by atoms with Crippen LogP contribution in [0.2, 0.25) is 0 Å². The van der Waals surface area contributed by atoms with Crippen molar-refractivity contribution in [2.75, 3.05) is 6.61 Å². The van der Waals surface area contributed by atoms with Crippen molar-refractivity contribution in [3.8, 4) is 0 Å². The Balaban J connectivity index is 3.47. The monoisotopic (exact) mass is 446 g/mol. The molecule has 0 bridgehead atoms. The Hall–Kier alpha value is -1.02. The second-order valence-electron chi connectivity index (χ2n) is 8.56. The van der Waals surface area contributed by atoms with Crippen LogP contribution in [-0.4, -0.2) is 63.7 Å². The molecule has 0 spiro atoms. The first-order valence-corrected chi connectivity index (χ1v) is 12.3. The Morgan fingerprint density at radius 1 is 0.710 bits per heavy atom. The summed E-state index contributed by atoms with van der Waals surface area (Å²) in [5.74, 6) is -0.480. The number of esters is 1. The van der Waals surface area contributed by atoms with Crippen LogP contribution in [0.4, 0.5) is 0 Å². The maximum atomic E-state index is 11.7. The molecule has 0 fully saturated rings. The van der Waals surface area contributed by atoms with Crippen molar-refractivity contribution in [2.24, 2.45) is 0 Å². The number of aldehydes is 1. The number of aliphatic hydroxyl groups excluding tert-OH is 4. The van der Waals surface area contributed by atoms with Crippen LogP contribution in [0.3, 0.4) is 0 Å². The van der Waals surface area contributed by atoms with Crippen molar-refractivity contribution in [3.63, 3.8) is 0 Å².